The number of carbonyl (C=O) groups is 1. The number of nitrogens with zero attached hydrogens (tertiary/aromatic N) is 5. The Morgan fingerprint density at radius 1 is 1.14 bits per heavy atom. The van der Waals surface area contributed by atoms with Gasteiger partial charge in [-0.2, -0.15) is 10.2 Å². The molecule has 4 aromatic rings. The van der Waals surface area contributed by atoms with Crippen molar-refractivity contribution < 1.29 is 4.79 Å². The smallest absolute Gasteiger partial charge is 0.277 e. The number of H-pyrrole nitrogens is 1. The number of fused-ring (bicyclic) bond motifs is 2. The molecule has 3 aromatic heterocycles. The summed E-state index contributed by atoms with van der Waals surface area (Å²) >= 11 is 0. The van der Waals surface area contributed by atoms with Gasteiger partial charge in [-0.25, -0.2) is 9.50 Å². The van der Waals surface area contributed by atoms with Crippen LogP contribution in [0.25, 0.3) is 5.65 Å². The van der Waals surface area contributed by atoms with E-state index in [2.05, 4.69) is 65.3 Å². The summed E-state index contributed by atoms with van der Waals surface area (Å²) < 4.78 is 1.69. The fraction of sp³-hybridized carbons (Fsp3) is 0.273. The topological polar surface area (TPSA) is 79.2 Å². The largest absolute Gasteiger partial charge is 0.294 e. The highest BCUT2D eigenvalue weighted by molar-refractivity contribution is 6.10. The van der Waals surface area contributed by atoms with Crippen LogP contribution in [0.5, 0.6) is 0 Å². The van der Waals surface area contributed by atoms with E-state index in [1.54, 1.807) is 4.52 Å². The third-order valence-corrected chi connectivity index (χ3v) is 5.38. The zero-order chi connectivity index (χ0) is 20.1. The van der Waals surface area contributed by atoms with Crippen LogP contribution < -0.4 is 4.90 Å². The van der Waals surface area contributed by atoms with Crippen molar-refractivity contribution in [3.63, 3.8) is 0 Å². The molecule has 0 spiro atoms. The Hall–Kier alpha value is -3.48. The highest BCUT2D eigenvalue weighted by atomic mass is 16.2. The first-order valence-corrected chi connectivity index (χ1v) is 9.79. The Morgan fingerprint density at radius 2 is 1.93 bits per heavy atom. The second-order valence-corrected chi connectivity index (χ2v) is 8.00. The molecule has 0 bridgehead atoms. The Morgan fingerprint density at radius 3 is 2.69 bits per heavy atom. The highest BCUT2D eigenvalue weighted by Gasteiger charge is 2.42. The van der Waals surface area contributed by atoms with E-state index in [4.69, 9.17) is 0 Å². The molecule has 7 nitrogen and oxygen atoms in total. The number of carbonyl (C=O) groups excluding carboxylic acids is 1. The van der Waals surface area contributed by atoms with Crippen molar-refractivity contribution in [2.75, 3.05) is 4.90 Å². The van der Waals surface area contributed by atoms with Crippen LogP contribution in [0.3, 0.4) is 0 Å². The molecule has 4 heterocycles. The number of rotatable bonds is 4. The van der Waals surface area contributed by atoms with Gasteiger partial charge in [0.25, 0.3) is 5.91 Å². The molecule has 0 saturated carbocycles. The van der Waals surface area contributed by atoms with E-state index < -0.39 is 0 Å². The average molecular weight is 386 g/mol. The molecule has 1 unspecified atom stereocenters. The van der Waals surface area contributed by atoms with Crippen LogP contribution in [-0.4, -0.2) is 30.7 Å². The van der Waals surface area contributed by atoms with Gasteiger partial charge >= 0.3 is 0 Å². The van der Waals surface area contributed by atoms with E-state index >= 15 is 0 Å². The van der Waals surface area contributed by atoms with Gasteiger partial charge in [0.1, 0.15) is 12.0 Å². The van der Waals surface area contributed by atoms with E-state index in [0.717, 1.165) is 34.6 Å². The predicted octanol–water partition coefficient (Wildman–Crippen LogP) is 3.71. The third kappa shape index (κ3) is 2.81. The van der Waals surface area contributed by atoms with Crippen LogP contribution >= 0.6 is 0 Å². The first-order valence-electron chi connectivity index (χ1n) is 9.79. The lowest BCUT2D eigenvalue weighted by molar-refractivity contribution is 0.0988. The minimum absolute atomic E-state index is 0.0763. The standard InChI is InChI=1S/C22H22N6O/c1-13(2)10-17-19-20(26-25-17)22(29)28(21(19)15-6-4-14(3)5-7-15)16-8-9-18-23-12-24-27(18)11-16/h4-9,11-13,21H,10H2,1-3H3,(H,25,26). The molecule has 0 aliphatic carbocycles. The van der Waals surface area contributed by atoms with Crippen molar-refractivity contribution in [1.29, 1.82) is 0 Å². The van der Waals surface area contributed by atoms with Gasteiger partial charge in [-0.1, -0.05) is 43.7 Å². The lowest BCUT2D eigenvalue weighted by atomic mass is 9.95. The van der Waals surface area contributed by atoms with Gasteiger partial charge in [-0.3, -0.25) is 14.8 Å². The summed E-state index contributed by atoms with van der Waals surface area (Å²) in [5.74, 6) is 0.365. The maximum atomic E-state index is 13.4. The molecule has 1 aliphatic heterocycles. The average Bonchev–Trinajstić information content (AvgIpc) is 3.38. The number of benzene rings is 1. The monoisotopic (exact) mass is 386 g/mol. The van der Waals surface area contributed by atoms with E-state index in [-0.39, 0.29) is 11.9 Å². The number of pyridine rings is 1. The molecule has 5 rings (SSSR count). The van der Waals surface area contributed by atoms with Crippen LogP contribution in [0.1, 0.15) is 52.8 Å². The molecule has 1 N–H and O–H groups in total. The number of amides is 1. The van der Waals surface area contributed by atoms with Crippen LogP contribution in [0.15, 0.2) is 48.9 Å². The van der Waals surface area contributed by atoms with Crippen molar-refractivity contribution in [1.82, 2.24) is 24.8 Å². The van der Waals surface area contributed by atoms with Crippen molar-refractivity contribution >= 4 is 17.2 Å². The Bertz CT molecular complexity index is 1200. The Balaban J connectivity index is 1.69. The summed E-state index contributed by atoms with van der Waals surface area (Å²) in [6.45, 7) is 6.39. The number of aryl methyl sites for hydroxylation is 1. The van der Waals surface area contributed by atoms with Crippen molar-refractivity contribution in [3.8, 4) is 0 Å². The molecule has 7 heteroatoms. The second kappa shape index (κ2) is 6.55. The summed E-state index contributed by atoms with van der Waals surface area (Å²) in [6, 6.07) is 11.9. The summed E-state index contributed by atoms with van der Waals surface area (Å²) in [4.78, 5) is 19.5. The first kappa shape index (κ1) is 17.6. The molecule has 1 aromatic carbocycles. The Labute approximate surface area is 168 Å². The van der Waals surface area contributed by atoms with Crippen molar-refractivity contribution in [3.05, 3.63) is 77.0 Å². The van der Waals surface area contributed by atoms with Gasteiger partial charge in [-0.15, -0.1) is 0 Å². The number of nitrogens with one attached hydrogen (secondary N) is 1. The maximum absolute atomic E-state index is 13.4. The fourth-order valence-electron chi connectivity index (χ4n) is 4.03. The molecule has 0 fully saturated rings. The molecule has 1 aliphatic rings. The molecule has 1 atom stereocenters. The SMILES string of the molecule is Cc1ccc(C2c3c(CC(C)C)n[nH]c3C(=O)N2c2ccc3ncnn3c2)cc1. The number of aromatic nitrogens is 5. The minimum atomic E-state index is -0.230. The highest BCUT2D eigenvalue weighted by Crippen LogP contribution is 2.42. The zero-order valence-electron chi connectivity index (χ0n) is 16.6. The van der Waals surface area contributed by atoms with Crippen molar-refractivity contribution in [2.24, 2.45) is 5.92 Å². The van der Waals surface area contributed by atoms with Crippen molar-refractivity contribution in [2.45, 2.75) is 33.2 Å². The molecule has 29 heavy (non-hydrogen) atoms. The molecule has 0 radical (unpaired) electrons. The molecule has 146 valence electrons. The van der Waals surface area contributed by atoms with E-state index in [1.807, 2.05) is 23.2 Å². The quantitative estimate of drug-likeness (QED) is 0.580. The van der Waals surface area contributed by atoms with E-state index in [1.165, 1.54) is 11.9 Å². The van der Waals surface area contributed by atoms with Crippen LogP contribution in [0.2, 0.25) is 0 Å². The molecule has 0 saturated heterocycles. The Kier molecular flexibility index (Phi) is 3.97. The lowest BCUT2D eigenvalue weighted by Gasteiger charge is -2.26. The summed E-state index contributed by atoms with van der Waals surface area (Å²) in [5.41, 5.74) is 6.28. The predicted molar refractivity (Wildman–Crippen MR) is 110 cm³/mol. The number of aromatic amines is 1. The molecule has 1 amide bonds. The lowest BCUT2D eigenvalue weighted by Crippen LogP contribution is -2.29. The molecular formula is C22H22N6O. The first-order chi connectivity index (χ1) is 14.0. The van der Waals surface area contributed by atoms with Gasteiger partial charge in [0.2, 0.25) is 0 Å². The normalized spacial score (nSPS) is 16.2. The van der Waals surface area contributed by atoms with Gasteiger partial charge in [0.05, 0.1) is 23.6 Å². The summed E-state index contributed by atoms with van der Waals surface area (Å²) in [5, 5.41) is 11.7. The van der Waals surface area contributed by atoms with Crippen LogP contribution in [0, 0.1) is 12.8 Å². The number of hydrogen-bond donors (Lipinski definition) is 1. The number of hydrogen-bond acceptors (Lipinski definition) is 4. The van der Waals surface area contributed by atoms with Crippen LogP contribution in [-0.2, 0) is 6.42 Å². The summed E-state index contributed by atoms with van der Waals surface area (Å²) in [7, 11) is 0. The molecular weight excluding hydrogens is 364 g/mol. The van der Waals surface area contributed by atoms with Gasteiger partial charge in [-0.05, 0) is 37.0 Å². The second-order valence-electron chi connectivity index (χ2n) is 8.00. The van der Waals surface area contributed by atoms with E-state index in [0.29, 0.717) is 11.6 Å². The van der Waals surface area contributed by atoms with Gasteiger partial charge < -0.3 is 0 Å². The third-order valence-electron chi connectivity index (χ3n) is 5.38. The van der Waals surface area contributed by atoms with Gasteiger partial charge in [0, 0.05) is 5.56 Å². The number of anilines is 1. The zero-order valence-corrected chi connectivity index (χ0v) is 16.6. The minimum Gasteiger partial charge on any atom is -0.294 e. The van der Waals surface area contributed by atoms with E-state index in [9.17, 15) is 4.79 Å². The van der Waals surface area contributed by atoms with Gasteiger partial charge in [0.15, 0.2) is 5.65 Å². The van der Waals surface area contributed by atoms with Crippen LogP contribution in [0.4, 0.5) is 5.69 Å². The maximum Gasteiger partial charge on any atom is 0.277 e. The summed E-state index contributed by atoms with van der Waals surface area (Å²) in [6.07, 6.45) is 4.18. The fourth-order valence-corrected chi connectivity index (χ4v) is 4.03.